The first-order valence-corrected chi connectivity index (χ1v) is 4.81. The van der Waals surface area contributed by atoms with Crippen LogP contribution in [0.15, 0.2) is 0 Å². The van der Waals surface area contributed by atoms with E-state index in [1.54, 1.807) is 0 Å². The van der Waals surface area contributed by atoms with Gasteiger partial charge in [-0.2, -0.15) is 9.90 Å². The van der Waals surface area contributed by atoms with Crippen LogP contribution in [0, 0.1) is 0 Å². The SMILES string of the molecule is BrSBr.P. The molecule has 0 aliphatic heterocycles. The quantitative estimate of drug-likeness (QED) is 0.571. The molecule has 0 saturated carbocycles. The van der Waals surface area contributed by atoms with Gasteiger partial charge in [0, 0.05) is 29.6 Å². The zero-order valence-electron chi connectivity index (χ0n) is 1.87. The largest absolute Gasteiger partial charge is 0.153 e. The summed E-state index contributed by atoms with van der Waals surface area (Å²) in [6.45, 7) is 0. The fourth-order valence-corrected chi connectivity index (χ4v) is 0. The first-order valence-electron chi connectivity index (χ1n) is 0.309. The topological polar surface area (TPSA) is 0 Å². The van der Waals surface area contributed by atoms with Gasteiger partial charge in [-0.25, -0.2) is 0 Å². The van der Waals surface area contributed by atoms with Crippen LogP contribution in [0.4, 0.5) is 0 Å². The van der Waals surface area contributed by atoms with Gasteiger partial charge >= 0.3 is 0 Å². The van der Waals surface area contributed by atoms with Crippen molar-refractivity contribution in [2.75, 3.05) is 0 Å². The minimum atomic E-state index is 0. The fraction of sp³-hybridized carbons (Fsp3) is 0. The Bertz CT molecular complexity index is 6.00. The number of halogens is 2. The van der Waals surface area contributed by atoms with Gasteiger partial charge in [0.1, 0.15) is 0 Å². The Morgan fingerprint density at radius 3 is 1.25 bits per heavy atom. The highest BCUT2D eigenvalue weighted by Gasteiger charge is 1.41. The highest BCUT2D eigenvalue weighted by molar-refractivity contribution is 9.82. The molecule has 28 valence electrons. The van der Waals surface area contributed by atoms with E-state index in [9.17, 15) is 0 Å². The number of rotatable bonds is 0. The van der Waals surface area contributed by atoms with Crippen molar-refractivity contribution in [2.45, 2.75) is 0 Å². The lowest BCUT2D eigenvalue weighted by molar-refractivity contribution is 6.70. The summed E-state index contributed by atoms with van der Waals surface area (Å²) in [5, 5.41) is 0. The summed E-state index contributed by atoms with van der Waals surface area (Å²) in [5.41, 5.74) is 0. The summed E-state index contributed by atoms with van der Waals surface area (Å²) < 4.78 is 0. The van der Waals surface area contributed by atoms with Crippen molar-refractivity contribution in [1.82, 2.24) is 0 Å². The van der Waals surface area contributed by atoms with Crippen LogP contribution in [0.1, 0.15) is 0 Å². The maximum Gasteiger partial charge on any atom is 0.00191 e. The van der Waals surface area contributed by atoms with Gasteiger partial charge in [0.2, 0.25) is 0 Å². The van der Waals surface area contributed by atoms with E-state index in [1.165, 1.54) is 8.63 Å². The molecule has 0 heterocycles. The van der Waals surface area contributed by atoms with E-state index in [2.05, 4.69) is 29.6 Å². The molecule has 0 aromatic rings. The van der Waals surface area contributed by atoms with Crippen LogP contribution in [0.2, 0.25) is 0 Å². The third-order valence-corrected chi connectivity index (χ3v) is 0. The normalized spacial score (nSPS) is 4.50. The summed E-state index contributed by atoms with van der Waals surface area (Å²) in [4.78, 5) is 0. The van der Waals surface area contributed by atoms with Crippen LogP contribution in [-0.4, -0.2) is 0 Å². The van der Waals surface area contributed by atoms with Crippen LogP contribution in [0.5, 0.6) is 0 Å². The molecule has 1 atom stereocenters. The average Bonchev–Trinajstić information content (AvgIpc) is 0.918. The van der Waals surface area contributed by atoms with Gasteiger partial charge in [0.05, 0.1) is 0 Å². The highest BCUT2D eigenvalue weighted by Crippen LogP contribution is 2.17. The lowest BCUT2D eigenvalue weighted by Gasteiger charge is -1.41. The standard InChI is InChI=1S/Br2S.H3P/c1-3-2;/h;1H3. The Labute approximate surface area is 48.1 Å². The van der Waals surface area contributed by atoms with Gasteiger partial charge in [-0.1, -0.05) is 0 Å². The van der Waals surface area contributed by atoms with E-state index in [1.807, 2.05) is 0 Å². The highest BCUT2D eigenvalue weighted by atomic mass is 79.9. The van der Waals surface area contributed by atoms with Crippen LogP contribution in [-0.2, 0) is 0 Å². The summed E-state index contributed by atoms with van der Waals surface area (Å²) in [7, 11) is 1.38. The van der Waals surface area contributed by atoms with Crippen molar-refractivity contribution < 1.29 is 0 Å². The maximum atomic E-state index is 2.98. The first kappa shape index (κ1) is 9.22. The molecular weight excluding hydrogens is 223 g/mol. The Kier molecular flexibility index (Phi) is 20.4. The molecule has 0 aliphatic carbocycles. The van der Waals surface area contributed by atoms with E-state index in [-0.39, 0.29) is 9.90 Å². The van der Waals surface area contributed by atoms with Crippen LogP contribution in [0.25, 0.3) is 0 Å². The lowest BCUT2D eigenvalue weighted by Crippen LogP contribution is -0.670. The van der Waals surface area contributed by atoms with Gasteiger partial charge in [0.15, 0.2) is 0 Å². The molecule has 0 amide bonds. The summed E-state index contributed by atoms with van der Waals surface area (Å²) in [6, 6.07) is 0. The third-order valence-electron chi connectivity index (χ3n) is 0. The Hall–Kier alpha value is 1.74. The summed E-state index contributed by atoms with van der Waals surface area (Å²) in [6.07, 6.45) is 0. The van der Waals surface area contributed by atoms with Gasteiger partial charge in [-0.05, 0) is 8.63 Å². The van der Waals surface area contributed by atoms with E-state index in [0.717, 1.165) is 0 Å². The van der Waals surface area contributed by atoms with Crippen molar-refractivity contribution in [2.24, 2.45) is 0 Å². The average molecular weight is 226 g/mol. The van der Waals surface area contributed by atoms with Gasteiger partial charge in [-0.15, -0.1) is 0 Å². The predicted octanol–water partition coefficient (Wildman–Crippen LogP) is 2.40. The molecule has 0 saturated heterocycles. The molecule has 0 spiro atoms. The molecule has 4 heteroatoms. The maximum absolute atomic E-state index is 2.98. The smallest absolute Gasteiger partial charge is 0.00191 e. The number of hydrogen-bond acceptors (Lipinski definition) is 1. The molecule has 0 aliphatic rings. The Morgan fingerprint density at radius 1 is 1.25 bits per heavy atom. The first-order chi connectivity index (χ1) is 1.41. The molecule has 1 unspecified atom stereocenters. The Balaban J connectivity index is 0. The fourth-order valence-electron chi connectivity index (χ4n) is 0. The van der Waals surface area contributed by atoms with E-state index in [4.69, 9.17) is 0 Å². The molecule has 4 heavy (non-hydrogen) atoms. The van der Waals surface area contributed by atoms with E-state index < -0.39 is 0 Å². The second-order valence-electron chi connectivity index (χ2n) is 0.0583. The van der Waals surface area contributed by atoms with Crippen molar-refractivity contribution in [1.29, 1.82) is 0 Å². The molecule has 0 radical (unpaired) electrons. The van der Waals surface area contributed by atoms with Crippen LogP contribution < -0.4 is 0 Å². The van der Waals surface area contributed by atoms with E-state index in [0.29, 0.717) is 0 Å². The lowest BCUT2D eigenvalue weighted by atomic mass is 31.0. The predicted molar refractivity (Wildman–Crippen MR) is 36.6 cm³/mol. The third kappa shape index (κ3) is 9.27. The summed E-state index contributed by atoms with van der Waals surface area (Å²) >= 11 is 5.96. The van der Waals surface area contributed by atoms with Gasteiger partial charge in [0.25, 0.3) is 0 Å². The van der Waals surface area contributed by atoms with Crippen molar-refractivity contribution in [3.63, 3.8) is 0 Å². The second-order valence-corrected chi connectivity index (χ2v) is 4.72. The number of hydrogen-bond donors (Lipinski definition) is 0. The zero-order chi connectivity index (χ0) is 2.71. The molecule has 0 aromatic heterocycles. The van der Waals surface area contributed by atoms with Crippen LogP contribution in [0.3, 0.4) is 0 Å². The molecule has 0 aromatic carbocycles. The van der Waals surface area contributed by atoms with Crippen molar-refractivity contribution in [3.05, 3.63) is 0 Å². The molecule has 0 bridgehead atoms. The monoisotopic (exact) mass is 224 g/mol. The van der Waals surface area contributed by atoms with E-state index >= 15 is 0 Å². The second kappa shape index (κ2) is 8.83. The summed E-state index contributed by atoms with van der Waals surface area (Å²) in [5.74, 6) is 0. The van der Waals surface area contributed by atoms with Crippen molar-refractivity contribution in [3.8, 4) is 0 Å². The molecule has 0 nitrogen and oxygen atoms in total. The zero-order valence-corrected chi connectivity index (χ0v) is 7.27. The Morgan fingerprint density at radius 2 is 1.25 bits per heavy atom. The van der Waals surface area contributed by atoms with Crippen molar-refractivity contribution >= 4 is 48.2 Å². The molecule has 0 N–H and O–H groups in total. The molecular formula is H3Br2PS. The van der Waals surface area contributed by atoms with Crippen LogP contribution >= 0.6 is 48.2 Å². The van der Waals surface area contributed by atoms with Gasteiger partial charge < -0.3 is 0 Å². The van der Waals surface area contributed by atoms with Gasteiger partial charge in [-0.3, -0.25) is 0 Å². The molecule has 0 fully saturated rings. The minimum Gasteiger partial charge on any atom is -0.153 e. The minimum absolute atomic E-state index is 0. The molecule has 0 rings (SSSR count).